The van der Waals surface area contributed by atoms with Crippen molar-refractivity contribution in [1.29, 1.82) is 0 Å². The number of benzene rings is 1. The Bertz CT molecular complexity index is 423. The van der Waals surface area contributed by atoms with Crippen LogP contribution in [0.1, 0.15) is 6.92 Å². The molecule has 1 aromatic carbocycles. The maximum absolute atomic E-state index is 6.16. The van der Waals surface area contributed by atoms with E-state index in [9.17, 15) is 0 Å². The number of nitrogens with one attached hydrogen (secondary N) is 1. The first-order valence-corrected chi connectivity index (χ1v) is 5.94. The minimum Gasteiger partial charge on any atom is -0.454 e. The molecule has 18 heavy (non-hydrogen) atoms. The Labute approximate surface area is 111 Å². The summed E-state index contributed by atoms with van der Waals surface area (Å²) in [5.41, 5.74) is 0.757. The zero-order valence-electron chi connectivity index (χ0n) is 10.5. The predicted molar refractivity (Wildman–Crippen MR) is 68.5 cm³/mol. The minimum atomic E-state index is -0.355. The number of methoxy groups -OCH3 is 2. The van der Waals surface area contributed by atoms with Gasteiger partial charge in [-0.1, -0.05) is 11.6 Å². The molecule has 5 nitrogen and oxygen atoms in total. The van der Waals surface area contributed by atoms with Crippen LogP contribution in [-0.2, 0) is 9.47 Å². The first-order valence-electron chi connectivity index (χ1n) is 5.57. The van der Waals surface area contributed by atoms with Crippen molar-refractivity contribution >= 4 is 17.3 Å². The lowest BCUT2D eigenvalue weighted by molar-refractivity contribution is -0.109. The number of ether oxygens (including phenoxy) is 4. The Kier molecular flexibility index (Phi) is 4.16. The lowest BCUT2D eigenvalue weighted by atomic mass is 10.2. The van der Waals surface area contributed by atoms with Gasteiger partial charge >= 0.3 is 0 Å². The van der Waals surface area contributed by atoms with Crippen LogP contribution in [0.25, 0.3) is 0 Å². The summed E-state index contributed by atoms with van der Waals surface area (Å²) in [6.45, 7) is 2.17. The van der Waals surface area contributed by atoms with Crippen LogP contribution < -0.4 is 14.8 Å². The second kappa shape index (κ2) is 5.65. The molecule has 0 aromatic heterocycles. The van der Waals surface area contributed by atoms with Crippen LogP contribution in [0.3, 0.4) is 0 Å². The molecule has 0 fully saturated rings. The smallest absolute Gasteiger partial charge is 0.231 e. The van der Waals surface area contributed by atoms with Crippen molar-refractivity contribution < 1.29 is 18.9 Å². The number of hydrogen-bond acceptors (Lipinski definition) is 5. The molecule has 100 valence electrons. The molecule has 1 aliphatic rings. The van der Waals surface area contributed by atoms with Gasteiger partial charge in [0, 0.05) is 26.4 Å². The van der Waals surface area contributed by atoms with Crippen molar-refractivity contribution in [2.45, 2.75) is 19.3 Å². The van der Waals surface area contributed by atoms with Crippen LogP contribution in [0.5, 0.6) is 11.5 Å². The van der Waals surface area contributed by atoms with Crippen LogP contribution in [0, 0.1) is 0 Å². The molecule has 6 heteroatoms. The van der Waals surface area contributed by atoms with Gasteiger partial charge in [0.15, 0.2) is 17.8 Å². The van der Waals surface area contributed by atoms with Gasteiger partial charge in [0.2, 0.25) is 6.79 Å². The van der Waals surface area contributed by atoms with E-state index in [4.69, 9.17) is 30.5 Å². The fourth-order valence-electron chi connectivity index (χ4n) is 1.85. The molecule has 1 heterocycles. The molecule has 0 saturated carbocycles. The molecule has 0 bridgehead atoms. The van der Waals surface area contributed by atoms with Crippen molar-refractivity contribution in [3.8, 4) is 11.5 Å². The standard InChI is InChI=1S/C12H16ClNO4/c1-7(12(15-2)16-3)14-9-5-11-10(4-8(9)13)17-6-18-11/h4-5,7,12,14H,6H2,1-3H3. The summed E-state index contributed by atoms with van der Waals surface area (Å²) in [5, 5.41) is 3.79. The summed E-state index contributed by atoms with van der Waals surface area (Å²) in [6, 6.07) is 3.48. The summed E-state index contributed by atoms with van der Waals surface area (Å²) in [4.78, 5) is 0. The van der Waals surface area contributed by atoms with E-state index < -0.39 is 0 Å². The second-order valence-corrected chi connectivity index (χ2v) is 4.37. The third-order valence-corrected chi connectivity index (χ3v) is 3.03. The second-order valence-electron chi connectivity index (χ2n) is 3.96. The maximum atomic E-state index is 6.16. The van der Waals surface area contributed by atoms with Crippen LogP contribution in [0.4, 0.5) is 5.69 Å². The van der Waals surface area contributed by atoms with Crippen LogP contribution in [0.2, 0.25) is 5.02 Å². The lowest BCUT2D eigenvalue weighted by Gasteiger charge is -2.23. The fraction of sp³-hybridized carbons (Fsp3) is 0.500. The fourth-order valence-corrected chi connectivity index (χ4v) is 2.05. The normalized spacial score (nSPS) is 14.9. The molecule has 0 radical (unpaired) electrons. The molecule has 1 atom stereocenters. The summed E-state index contributed by atoms with van der Waals surface area (Å²) in [5.74, 6) is 1.34. The van der Waals surface area contributed by atoms with Crippen LogP contribution in [0.15, 0.2) is 12.1 Å². The number of fused-ring (bicyclic) bond motifs is 1. The minimum absolute atomic E-state index is 0.0575. The Morgan fingerprint density at radius 2 is 1.83 bits per heavy atom. The quantitative estimate of drug-likeness (QED) is 0.836. The van der Waals surface area contributed by atoms with Crippen molar-refractivity contribution in [2.24, 2.45) is 0 Å². The molecule has 0 amide bonds. The number of anilines is 1. The Morgan fingerprint density at radius 1 is 1.22 bits per heavy atom. The molecular formula is C12H16ClNO4. The molecule has 0 spiro atoms. The number of rotatable bonds is 5. The van der Waals surface area contributed by atoms with E-state index in [1.807, 2.05) is 13.0 Å². The average Bonchev–Trinajstić information content (AvgIpc) is 2.78. The highest BCUT2D eigenvalue weighted by atomic mass is 35.5. The topological polar surface area (TPSA) is 49.0 Å². The predicted octanol–water partition coefficient (Wildman–Crippen LogP) is 2.49. The van der Waals surface area contributed by atoms with E-state index in [2.05, 4.69) is 5.32 Å². The van der Waals surface area contributed by atoms with E-state index in [0.717, 1.165) is 5.69 Å². The van der Waals surface area contributed by atoms with Gasteiger partial charge in [-0.2, -0.15) is 0 Å². The Hall–Kier alpha value is -1.17. The van der Waals surface area contributed by atoms with Gasteiger partial charge in [-0.15, -0.1) is 0 Å². The molecule has 0 saturated heterocycles. The highest BCUT2D eigenvalue weighted by molar-refractivity contribution is 6.33. The third-order valence-electron chi connectivity index (χ3n) is 2.72. The Morgan fingerprint density at radius 3 is 2.44 bits per heavy atom. The van der Waals surface area contributed by atoms with Crippen LogP contribution in [-0.4, -0.2) is 33.3 Å². The van der Waals surface area contributed by atoms with Gasteiger partial charge in [-0.3, -0.25) is 0 Å². The molecule has 1 N–H and O–H groups in total. The Balaban J connectivity index is 2.14. The van der Waals surface area contributed by atoms with E-state index in [1.165, 1.54) is 0 Å². The summed E-state index contributed by atoms with van der Waals surface area (Å²) >= 11 is 6.16. The molecular weight excluding hydrogens is 258 g/mol. The summed E-state index contributed by atoms with van der Waals surface area (Å²) < 4.78 is 20.9. The van der Waals surface area contributed by atoms with Crippen molar-refractivity contribution in [3.05, 3.63) is 17.2 Å². The van der Waals surface area contributed by atoms with Gasteiger partial charge in [-0.25, -0.2) is 0 Å². The number of halogens is 1. The summed E-state index contributed by atoms with van der Waals surface area (Å²) in [6.07, 6.45) is -0.355. The average molecular weight is 274 g/mol. The van der Waals surface area contributed by atoms with Crippen LogP contribution >= 0.6 is 11.6 Å². The highest BCUT2D eigenvalue weighted by Crippen LogP contribution is 2.39. The van der Waals surface area contributed by atoms with E-state index in [1.54, 1.807) is 20.3 Å². The summed E-state index contributed by atoms with van der Waals surface area (Å²) in [7, 11) is 3.18. The molecule has 1 aromatic rings. The van der Waals surface area contributed by atoms with Crippen molar-refractivity contribution in [3.63, 3.8) is 0 Å². The van der Waals surface area contributed by atoms with Crippen molar-refractivity contribution in [1.82, 2.24) is 0 Å². The molecule has 1 aliphatic heterocycles. The van der Waals surface area contributed by atoms with Gasteiger partial charge in [-0.05, 0) is 6.92 Å². The largest absolute Gasteiger partial charge is 0.454 e. The highest BCUT2D eigenvalue weighted by Gasteiger charge is 2.20. The maximum Gasteiger partial charge on any atom is 0.231 e. The SMILES string of the molecule is COC(OC)C(C)Nc1cc2c(cc1Cl)OCO2. The first kappa shape index (κ1) is 13.3. The van der Waals surface area contributed by atoms with E-state index in [-0.39, 0.29) is 19.1 Å². The van der Waals surface area contributed by atoms with E-state index >= 15 is 0 Å². The third kappa shape index (κ3) is 2.63. The van der Waals surface area contributed by atoms with Gasteiger partial charge in [0.25, 0.3) is 0 Å². The zero-order valence-corrected chi connectivity index (χ0v) is 11.3. The zero-order chi connectivity index (χ0) is 13.1. The lowest BCUT2D eigenvalue weighted by Crippen LogP contribution is -2.33. The van der Waals surface area contributed by atoms with Gasteiger partial charge in [0.05, 0.1) is 16.8 Å². The van der Waals surface area contributed by atoms with Gasteiger partial charge < -0.3 is 24.3 Å². The first-order chi connectivity index (χ1) is 8.65. The molecule has 1 unspecified atom stereocenters. The molecule has 0 aliphatic carbocycles. The van der Waals surface area contributed by atoms with Crippen molar-refractivity contribution in [2.75, 3.05) is 26.3 Å². The number of hydrogen-bond donors (Lipinski definition) is 1. The van der Waals surface area contributed by atoms with E-state index in [0.29, 0.717) is 16.5 Å². The van der Waals surface area contributed by atoms with Gasteiger partial charge in [0.1, 0.15) is 0 Å². The molecule has 2 rings (SSSR count). The monoisotopic (exact) mass is 273 g/mol.